The minimum atomic E-state index is -1.43. The van der Waals surface area contributed by atoms with Gasteiger partial charge in [0, 0.05) is 0 Å². The summed E-state index contributed by atoms with van der Waals surface area (Å²) in [6.45, 7) is 0. The fraction of sp³-hybridized carbons (Fsp3) is 0. The predicted octanol–water partition coefficient (Wildman–Crippen LogP) is -1.65. The summed E-state index contributed by atoms with van der Waals surface area (Å²) in [5, 5.41) is 7.35. The molecule has 0 saturated heterocycles. The van der Waals surface area contributed by atoms with Crippen molar-refractivity contribution < 1.29 is 14.7 Å². The molecule has 0 aliphatic heterocycles. The van der Waals surface area contributed by atoms with Gasteiger partial charge < -0.3 is 5.11 Å². The Morgan fingerprint density at radius 1 is 1.67 bits per heavy atom. The third-order valence-corrected chi connectivity index (χ3v) is 0.101. The van der Waals surface area contributed by atoms with E-state index in [0.29, 0.717) is 0 Å². The Bertz CT molecular complexity index is 59.8. The van der Waals surface area contributed by atoms with Crippen LogP contribution >= 0.6 is 0 Å². The van der Waals surface area contributed by atoms with Crippen molar-refractivity contribution >= 4 is 61.1 Å². The summed E-state index contributed by atoms with van der Waals surface area (Å²) in [5.74, 6) is -1.43. The first-order valence-electron chi connectivity index (χ1n) is 0.952. The molecule has 0 bridgehead atoms. The first-order valence-corrected chi connectivity index (χ1v) is 0.952. The molecular weight excluding hydrogens is 209 g/mol. The molecule has 0 spiro atoms. The third-order valence-electron chi connectivity index (χ3n) is 0.101. The van der Waals surface area contributed by atoms with Crippen molar-refractivity contribution in [2.75, 3.05) is 0 Å². The van der Waals surface area contributed by atoms with Crippen LogP contribution in [-0.2, 0) is 9.59 Å². The first-order chi connectivity index (χ1) is 2.27. The Labute approximate surface area is 74.8 Å². The van der Waals surface area contributed by atoms with Crippen LogP contribution in [0.2, 0.25) is 0 Å². The average molecular weight is 213 g/mol. The quantitative estimate of drug-likeness (QED) is 0.323. The van der Waals surface area contributed by atoms with Gasteiger partial charge in [-0.15, -0.1) is 0 Å². The van der Waals surface area contributed by atoms with Gasteiger partial charge in [-0.3, -0.25) is 4.79 Å². The zero-order valence-electron chi connectivity index (χ0n) is 2.34. The fourth-order valence-electron chi connectivity index (χ4n) is 0. The van der Waals surface area contributed by atoms with E-state index < -0.39 is 5.97 Å². The van der Waals surface area contributed by atoms with E-state index in [1.165, 1.54) is 0 Å². The summed E-state index contributed by atoms with van der Waals surface area (Å²) in [5.41, 5.74) is 0. The van der Waals surface area contributed by atoms with Crippen molar-refractivity contribution in [1.29, 1.82) is 0 Å². The summed E-state index contributed by atoms with van der Waals surface area (Å²) in [7, 11) is 0. The zero-order valence-corrected chi connectivity index (χ0v) is 2.34. The van der Waals surface area contributed by atoms with Crippen molar-refractivity contribution in [3.63, 3.8) is 0 Å². The van der Waals surface area contributed by atoms with Gasteiger partial charge in [-0.1, -0.05) is 0 Å². The van der Waals surface area contributed by atoms with Gasteiger partial charge in [0.2, 0.25) is 6.29 Å². The second-order valence-corrected chi connectivity index (χ2v) is 0.456. The molecule has 0 aliphatic rings. The Hall–Kier alpha value is 0.711. The third kappa shape index (κ3) is 8.83. The standard InChI is InChI=1S/C2H2O3.Ba.2H/c3-1-2(4)5;;;/h1H,(H,4,5);;;. The van der Waals surface area contributed by atoms with Gasteiger partial charge in [0.1, 0.15) is 0 Å². The first kappa shape index (κ1) is 9.86. The van der Waals surface area contributed by atoms with E-state index in [1.54, 1.807) is 0 Å². The molecule has 0 saturated carbocycles. The van der Waals surface area contributed by atoms with Crippen LogP contribution in [0.15, 0.2) is 0 Å². The molecule has 0 aliphatic carbocycles. The topological polar surface area (TPSA) is 54.4 Å². The van der Waals surface area contributed by atoms with Gasteiger partial charge in [0.15, 0.2) is 0 Å². The minimum absolute atomic E-state index is 0. The van der Waals surface area contributed by atoms with Crippen LogP contribution in [0.1, 0.15) is 0 Å². The molecule has 0 aromatic heterocycles. The summed E-state index contributed by atoms with van der Waals surface area (Å²) in [4.78, 5) is 17.9. The molecule has 0 atom stereocenters. The van der Waals surface area contributed by atoms with Crippen LogP contribution in [0.4, 0.5) is 0 Å². The number of carbonyl (C=O) groups is 2. The van der Waals surface area contributed by atoms with Crippen molar-refractivity contribution in [3.05, 3.63) is 0 Å². The summed E-state index contributed by atoms with van der Waals surface area (Å²) < 4.78 is 0. The molecule has 0 unspecified atom stereocenters. The summed E-state index contributed by atoms with van der Waals surface area (Å²) in [6, 6.07) is 0. The number of hydrogen-bond acceptors (Lipinski definition) is 2. The Morgan fingerprint density at radius 3 is 1.83 bits per heavy atom. The average Bonchev–Trinajstić information content (AvgIpc) is 1.38. The molecule has 0 aromatic carbocycles. The summed E-state index contributed by atoms with van der Waals surface area (Å²) >= 11 is 0. The van der Waals surface area contributed by atoms with E-state index in [0.717, 1.165) is 0 Å². The number of aliphatic carboxylic acids is 1. The second kappa shape index (κ2) is 5.71. The van der Waals surface area contributed by atoms with Crippen LogP contribution in [0.25, 0.3) is 0 Å². The molecule has 3 nitrogen and oxygen atoms in total. The van der Waals surface area contributed by atoms with E-state index in [-0.39, 0.29) is 55.2 Å². The molecule has 0 fully saturated rings. The van der Waals surface area contributed by atoms with Gasteiger partial charge in [0.25, 0.3) is 0 Å². The van der Waals surface area contributed by atoms with E-state index >= 15 is 0 Å². The molecule has 0 radical (unpaired) electrons. The number of rotatable bonds is 1. The molecule has 0 aromatic rings. The normalized spacial score (nSPS) is 5.33. The molecule has 32 valence electrons. The van der Waals surface area contributed by atoms with Crippen molar-refractivity contribution in [2.24, 2.45) is 0 Å². The molecule has 6 heavy (non-hydrogen) atoms. The summed E-state index contributed by atoms with van der Waals surface area (Å²) in [6.07, 6.45) is -0.167. The number of carboxylic acid groups (broad SMARTS) is 1. The van der Waals surface area contributed by atoms with Crippen molar-refractivity contribution in [2.45, 2.75) is 0 Å². The maximum absolute atomic E-state index is 9.00. The van der Waals surface area contributed by atoms with Crippen LogP contribution in [-0.4, -0.2) is 66.2 Å². The van der Waals surface area contributed by atoms with Crippen LogP contribution in [0.5, 0.6) is 0 Å². The van der Waals surface area contributed by atoms with E-state index in [2.05, 4.69) is 0 Å². The van der Waals surface area contributed by atoms with E-state index in [4.69, 9.17) is 14.7 Å². The van der Waals surface area contributed by atoms with E-state index in [9.17, 15) is 0 Å². The Kier molecular flexibility index (Phi) is 9.39. The van der Waals surface area contributed by atoms with Gasteiger partial charge in [-0.25, -0.2) is 4.79 Å². The number of aldehydes is 1. The maximum atomic E-state index is 9.00. The number of carbonyl (C=O) groups excluding carboxylic acids is 1. The molecule has 0 rings (SSSR count). The van der Waals surface area contributed by atoms with Crippen LogP contribution in [0, 0.1) is 0 Å². The van der Waals surface area contributed by atoms with Gasteiger partial charge in [0.05, 0.1) is 0 Å². The Morgan fingerprint density at radius 2 is 1.83 bits per heavy atom. The number of hydrogen-bond donors (Lipinski definition) is 1. The zero-order chi connectivity index (χ0) is 4.28. The van der Waals surface area contributed by atoms with Crippen LogP contribution < -0.4 is 0 Å². The molecular formula is C2H4BaO3. The van der Waals surface area contributed by atoms with Gasteiger partial charge >= 0.3 is 54.9 Å². The SMILES string of the molecule is O=CC(=O)O.[BaH2]. The Balaban J connectivity index is 0. The van der Waals surface area contributed by atoms with Crippen LogP contribution in [0.3, 0.4) is 0 Å². The van der Waals surface area contributed by atoms with Gasteiger partial charge in [-0.2, -0.15) is 0 Å². The second-order valence-electron chi connectivity index (χ2n) is 0.456. The number of carboxylic acids is 1. The monoisotopic (exact) mass is 214 g/mol. The van der Waals surface area contributed by atoms with Gasteiger partial charge in [-0.05, 0) is 0 Å². The molecule has 0 heterocycles. The molecule has 4 heteroatoms. The predicted molar refractivity (Wildman–Crippen MR) is 22.2 cm³/mol. The molecule has 0 amide bonds. The van der Waals surface area contributed by atoms with Crippen molar-refractivity contribution in [3.8, 4) is 0 Å². The van der Waals surface area contributed by atoms with Crippen molar-refractivity contribution in [1.82, 2.24) is 0 Å². The van der Waals surface area contributed by atoms with E-state index in [1.807, 2.05) is 0 Å². The fourth-order valence-corrected chi connectivity index (χ4v) is 0. The molecule has 1 N–H and O–H groups in total.